The number of hydrogen-bond donors (Lipinski definition) is 1. The highest BCUT2D eigenvalue weighted by atomic mass is 35.5. The van der Waals surface area contributed by atoms with Crippen molar-refractivity contribution in [3.63, 3.8) is 0 Å². The first kappa shape index (κ1) is 16.6. The van der Waals surface area contributed by atoms with Crippen molar-refractivity contribution < 1.29 is 13.9 Å². The third kappa shape index (κ3) is 5.95. The Hall–Kier alpha value is -1.72. The lowest BCUT2D eigenvalue weighted by Gasteiger charge is -2.07. The number of ether oxygens (including phenoxy) is 1. The summed E-state index contributed by atoms with van der Waals surface area (Å²) < 4.78 is 18.5. The van der Waals surface area contributed by atoms with Crippen LogP contribution < -0.4 is 10.1 Å². The number of anilines is 1. The molecule has 0 radical (unpaired) electrons. The summed E-state index contributed by atoms with van der Waals surface area (Å²) in [6.07, 6.45) is 0. The summed E-state index contributed by atoms with van der Waals surface area (Å²) in [6.45, 7) is 0.484. The van der Waals surface area contributed by atoms with Crippen molar-refractivity contribution in [3.05, 3.63) is 59.4 Å². The molecule has 2 rings (SSSR count). The van der Waals surface area contributed by atoms with Crippen LogP contribution >= 0.6 is 23.4 Å². The van der Waals surface area contributed by atoms with Crippen LogP contribution in [0.3, 0.4) is 0 Å². The Balaban J connectivity index is 1.63. The summed E-state index contributed by atoms with van der Waals surface area (Å²) in [5.41, 5.74) is 0.459. The molecule has 116 valence electrons. The van der Waals surface area contributed by atoms with E-state index >= 15 is 0 Å². The molecule has 1 N–H and O–H groups in total. The van der Waals surface area contributed by atoms with E-state index in [-0.39, 0.29) is 17.5 Å². The molecule has 1 amide bonds. The van der Waals surface area contributed by atoms with Crippen LogP contribution in [0.4, 0.5) is 10.1 Å². The van der Waals surface area contributed by atoms with Crippen molar-refractivity contribution in [3.8, 4) is 5.75 Å². The molecule has 0 unspecified atom stereocenters. The van der Waals surface area contributed by atoms with Crippen LogP contribution in [-0.2, 0) is 4.79 Å². The van der Waals surface area contributed by atoms with Gasteiger partial charge in [-0.25, -0.2) is 4.39 Å². The van der Waals surface area contributed by atoms with Gasteiger partial charge < -0.3 is 10.1 Å². The molecule has 2 aromatic rings. The maximum Gasteiger partial charge on any atom is 0.234 e. The molecule has 0 aliphatic carbocycles. The van der Waals surface area contributed by atoms with Gasteiger partial charge in [0, 0.05) is 16.5 Å². The Morgan fingerprint density at radius 1 is 1.23 bits per heavy atom. The van der Waals surface area contributed by atoms with Gasteiger partial charge in [0.05, 0.1) is 12.4 Å². The molecule has 0 saturated carbocycles. The molecule has 2 aromatic carbocycles. The number of carbonyl (C=O) groups excluding carboxylic acids is 1. The minimum absolute atomic E-state index is 0.168. The first-order valence-corrected chi connectivity index (χ1v) is 8.18. The van der Waals surface area contributed by atoms with E-state index in [0.717, 1.165) is 0 Å². The van der Waals surface area contributed by atoms with Crippen LogP contribution in [0, 0.1) is 5.82 Å². The molecule has 0 aliphatic rings. The highest BCUT2D eigenvalue weighted by Gasteiger charge is 2.03. The minimum Gasteiger partial charge on any atom is -0.493 e. The molecule has 0 aliphatic heterocycles. The predicted octanol–water partition coefficient (Wildman–Crippen LogP) is 4.23. The highest BCUT2D eigenvalue weighted by molar-refractivity contribution is 7.99. The number of benzene rings is 2. The Morgan fingerprint density at radius 2 is 2.05 bits per heavy atom. The predicted molar refractivity (Wildman–Crippen MR) is 89.3 cm³/mol. The van der Waals surface area contributed by atoms with Gasteiger partial charge in [-0.1, -0.05) is 23.7 Å². The number of carbonyl (C=O) groups is 1. The molecule has 0 heterocycles. The number of halogens is 2. The average Bonchev–Trinajstić information content (AvgIpc) is 2.47. The van der Waals surface area contributed by atoms with Crippen molar-refractivity contribution in [2.45, 2.75) is 0 Å². The van der Waals surface area contributed by atoms with Crippen molar-refractivity contribution >= 4 is 35.0 Å². The summed E-state index contributed by atoms with van der Waals surface area (Å²) in [6, 6.07) is 13.0. The van der Waals surface area contributed by atoms with E-state index in [9.17, 15) is 9.18 Å². The van der Waals surface area contributed by atoms with E-state index in [4.69, 9.17) is 16.3 Å². The fourth-order valence-electron chi connectivity index (χ4n) is 1.70. The van der Waals surface area contributed by atoms with Crippen molar-refractivity contribution in [1.29, 1.82) is 0 Å². The van der Waals surface area contributed by atoms with Crippen molar-refractivity contribution in [1.82, 2.24) is 0 Å². The fourth-order valence-corrected chi connectivity index (χ4v) is 2.49. The lowest BCUT2D eigenvalue weighted by Crippen LogP contribution is -2.15. The zero-order valence-corrected chi connectivity index (χ0v) is 13.3. The summed E-state index contributed by atoms with van der Waals surface area (Å²) in [7, 11) is 0. The topological polar surface area (TPSA) is 38.3 Å². The Bertz CT molecular complexity index is 639. The highest BCUT2D eigenvalue weighted by Crippen LogP contribution is 2.17. The number of thioether (sulfide) groups is 1. The number of rotatable bonds is 7. The van der Waals surface area contributed by atoms with Crippen LogP contribution in [0.1, 0.15) is 0 Å². The second kappa shape index (κ2) is 8.66. The minimum atomic E-state index is -0.375. The fraction of sp³-hybridized carbons (Fsp3) is 0.188. The van der Waals surface area contributed by atoms with E-state index in [1.54, 1.807) is 24.3 Å². The monoisotopic (exact) mass is 339 g/mol. The van der Waals surface area contributed by atoms with Crippen LogP contribution in [0.2, 0.25) is 5.02 Å². The van der Waals surface area contributed by atoms with Gasteiger partial charge in [-0.3, -0.25) is 4.79 Å². The SMILES string of the molecule is O=C(CSCCOc1cccc(Cl)c1)Nc1cccc(F)c1. The van der Waals surface area contributed by atoms with E-state index in [1.807, 2.05) is 12.1 Å². The first-order chi connectivity index (χ1) is 10.6. The molecule has 3 nitrogen and oxygen atoms in total. The summed E-state index contributed by atoms with van der Waals surface area (Å²) in [5, 5.41) is 3.27. The van der Waals surface area contributed by atoms with Gasteiger partial charge in [-0.2, -0.15) is 0 Å². The van der Waals surface area contributed by atoms with Gasteiger partial charge in [0.15, 0.2) is 0 Å². The van der Waals surface area contributed by atoms with Crippen molar-refractivity contribution in [2.24, 2.45) is 0 Å². The second-order valence-electron chi connectivity index (χ2n) is 4.42. The van der Waals surface area contributed by atoms with Crippen LogP contribution in [0.15, 0.2) is 48.5 Å². The van der Waals surface area contributed by atoms with Gasteiger partial charge in [0.1, 0.15) is 11.6 Å². The van der Waals surface area contributed by atoms with Gasteiger partial charge in [0.25, 0.3) is 0 Å². The largest absolute Gasteiger partial charge is 0.493 e. The Morgan fingerprint density at radius 3 is 2.82 bits per heavy atom. The van der Waals surface area contributed by atoms with Crippen molar-refractivity contribution in [2.75, 3.05) is 23.4 Å². The molecule has 0 fully saturated rings. The zero-order valence-electron chi connectivity index (χ0n) is 11.7. The quantitative estimate of drug-likeness (QED) is 0.767. The van der Waals surface area contributed by atoms with Gasteiger partial charge in [-0.15, -0.1) is 11.8 Å². The van der Waals surface area contributed by atoms with E-state index in [1.165, 1.54) is 23.9 Å². The smallest absolute Gasteiger partial charge is 0.234 e. The maximum atomic E-state index is 13.0. The third-order valence-corrected chi connectivity index (χ3v) is 3.79. The average molecular weight is 340 g/mol. The number of amides is 1. The van der Waals surface area contributed by atoms with E-state index < -0.39 is 0 Å². The molecular weight excluding hydrogens is 325 g/mol. The normalized spacial score (nSPS) is 10.3. The lowest BCUT2D eigenvalue weighted by atomic mass is 10.3. The molecule has 0 atom stereocenters. The Kier molecular flexibility index (Phi) is 6.55. The van der Waals surface area contributed by atoms with Gasteiger partial charge >= 0.3 is 0 Å². The molecule has 6 heteroatoms. The molecule has 0 bridgehead atoms. The van der Waals surface area contributed by atoms with Crippen LogP contribution in [0.25, 0.3) is 0 Å². The molecule has 0 aromatic heterocycles. The Labute approximate surface area is 137 Å². The molecule has 0 spiro atoms. The molecular formula is C16H15ClFNO2S. The van der Waals surface area contributed by atoms with E-state index in [2.05, 4.69) is 5.32 Å². The first-order valence-electron chi connectivity index (χ1n) is 6.65. The number of nitrogens with one attached hydrogen (secondary N) is 1. The van der Waals surface area contributed by atoms with Gasteiger partial charge in [0.2, 0.25) is 5.91 Å². The van der Waals surface area contributed by atoms with Crippen LogP contribution in [0.5, 0.6) is 5.75 Å². The maximum absolute atomic E-state index is 13.0. The third-order valence-electron chi connectivity index (χ3n) is 2.63. The molecule has 0 saturated heterocycles. The lowest BCUT2D eigenvalue weighted by molar-refractivity contribution is -0.113. The molecule has 22 heavy (non-hydrogen) atoms. The van der Waals surface area contributed by atoms with Crippen LogP contribution in [-0.4, -0.2) is 24.0 Å². The summed E-state index contributed by atoms with van der Waals surface area (Å²) in [5.74, 6) is 1.12. The summed E-state index contributed by atoms with van der Waals surface area (Å²) >= 11 is 7.29. The zero-order chi connectivity index (χ0) is 15.8. The summed E-state index contributed by atoms with van der Waals surface area (Å²) in [4.78, 5) is 11.7. The standard InChI is InChI=1S/C16H15ClFNO2S/c17-12-3-1-6-15(9-12)21-7-8-22-11-16(20)19-14-5-2-4-13(18)10-14/h1-6,9-10H,7-8,11H2,(H,19,20). The second-order valence-corrected chi connectivity index (χ2v) is 5.96. The van der Waals surface area contributed by atoms with E-state index in [0.29, 0.717) is 28.8 Å². The van der Waals surface area contributed by atoms with Gasteiger partial charge in [-0.05, 0) is 36.4 Å². The number of hydrogen-bond acceptors (Lipinski definition) is 3.